The molecule has 0 spiro atoms. The molecule has 1 aliphatic heterocycles. The summed E-state index contributed by atoms with van der Waals surface area (Å²) in [4.78, 5) is 12.1. The first kappa shape index (κ1) is 12.0. The average molecular weight is 266 g/mol. The number of rotatable bonds is 3. The first-order valence-electron chi connectivity index (χ1n) is 6.35. The van der Waals surface area contributed by atoms with Gasteiger partial charge in [-0.05, 0) is 37.0 Å². The summed E-state index contributed by atoms with van der Waals surface area (Å²) >= 11 is 6.01. The minimum absolute atomic E-state index is 0.0154. The standard InChI is InChI=1S/C14H16ClNO2/c15-12-3-1-2-11(8-12)14(5-6-14)16-13(17)10-4-7-18-9-10/h1-3,8,10H,4-7,9H2,(H,16,17). The smallest absolute Gasteiger partial charge is 0.226 e. The molecule has 1 unspecified atom stereocenters. The molecule has 1 heterocycles. The zero-order chi connectivity index (χ0) is 12.6. The summed E-state index contributed by atoms with van der Waals surface area (Å²) in [6.07, 6.45) is 2.82. The van der Waals surface area contributed by atoms with Crippen LogP contribution < -0.4 is 5.32 Å². The molecule has 1 amide bonds. The SMILES string of the molecule is O=C(NC1(c2cccc(Cl)c2)CC1)C1CCOC1. The molecule has 2 fully saturated rings. The zero-order valence-electron chi connectivity index (χ0n) is 10.1. The van der Waals surface area contributed by atoms with Crippen LogP contribution in [0.4, 0.5) is 0 Å². The fourth-order valence-corrected chi connectivity index (χ4v) is 2.67. The van der Waals surface area contributed by atoms with Crippen molar-refractivity contribution in [3.05, 3.63) is 34.9 Å². The van der Waals surface area contributed by atoms with Crippen molar-refractivity contribution in [2.45, 2.75) is 24.8 Å². The van der Waals surface area contributed by atoms with Gasteiger partial charge in [-0.15, -0.1) is 0 Å². The lowest BCUT2D eigenvalue weighted by atomic mass is 10.0. The van der Waals surface area contributed by atoms with Gasteiger partial charge in [0.2, 0.25) is 5.91 Å². The highest BCUT2D eigenvalue weighted by atomic mass is 35.5. The van der Waals surface area contributed by atoms with Gasteiger partial charge in [0, 0.05) is 11.6 Å². The zero-order valence-corrected chi connectivity index (χ0v) is 10.9. The van der Waals surface area contributed by atoms with E-state index in [0.717, 1.165) is 29.8 Å². The Labute approximate surface area is 111 Å². The Bertz CT molecular complexity index is 465. The Morgan fingerprint density at radius 1 is 1.44 bits per heavy atom. The lowest BCUT2D eigenvalue weighted by molar-refractivity contribution is -0.126. The maximum Gasteiger partial charge on any atom is 0.226 e. The van der Waals surface area contributed by atoms with Crippen LogP contribution in [0.1, 0.15) is 24.8 Å². The van der Waals surface area contributed by atoms with Gasteiger partial charge >= 0.3 is 0 Å². The van der Waals surface area contributed by atoms with E-state index in [-0.39, 0.29) is 17.4 Å². The van der Waals surface area contributed by atoms with Crippen molar-refractivity contribution in [1.29, 1.82) is 0 Å². The Kier molecular flexibility index (Phi) is 3.04. The van der Waals surface area contributed by atoms with E-state index < -0.39 is 0 Å². The maximum absolute atomic E-state index is 12.1. The summed E-state index contributed by atoms with van der Waals surface area (Å²) in [5, 5.41) is 3.89. The molecule has 0 radical (unpaired) electrons. The van der Waals surface area contributed by atoms with Crippen molar-refractivity contribution >= 4 is 17.5 Å². The van der Waals surface area contributed by atoms with E-state index in [1.807, 2.05) is 24.3 Å². The summed E-state index contributed by atoms with van der Waals surface area (Å²) in [6.45, 7) is 1.25. The number of carbonyl (C=O) groups is 1. The van der Waals surface area contributed by atoms with Crippen LogP contribution in [-0.4, -0.2) is 19.1 Å². The molecular weight excluding hydrogens is 250 g/mol. The van der Waals surface area contributed by atoms with Gasteiger partial charge in [0.25, 0.3) is 0 Å². The largest absolute Gasteiger partial charge is 0.381 e. The third-order valence-corrected chi connectivity index (χ3v) is 4.03. The lowest BCUT2D eigenvalue weighted by Gasteiger charge is -2.20. The summed E-state index contributed by atoms with van der Waals surface area (Å²) in [7, 11) is 0. The van der Waals surface area contributed by atoms with Crippen molar-refractivity contribution in [2.75, 3.05) is 13.2 Å². The number of carbonyl (C=O) groups excluding carboxylic acids is 1. The topological polar surface area (TPSA) is 38.3 Å². The van der Waals surface area contributed by atoms with E-state index in [2.05, 4.69) is 5.32 Å². The van der Waals surface area contributed by atoms with Crippen LogP contribution in [0.5, 0.6) is 0 Å². The van der Waals surface area contributed by atoms with E-state index >= 15 is 0 Å². The Balaban J connectivity index is 1.73. The highest BCUT2D eigenvalue weighted by Gasteiger charge is 2.46. The number of benzene rings is 1. The molecule has 1 saturated heterocycles. The van der Waals surface area contributed by atoms with E-state index in [4.69, 9.17) is 16.3 Å². The van der Waals surface area contributed by atoms with Gasteiger partial charge in [-0.2, -0.15) is 0 Å². The fraction of sp³-hybridized carbons (Fsp3) is 0.500. The van der Waals surface area contributed by atoms with Gasteiger partial charge in [-0.1, -0.05) is 23.7 Å². The van der Waals surface area contributed by atoms with Crippen molar-refractivity contribution in [2.24, 2.45) is 5.92 Å². The molecule has 96 valence electrons. The molecule has 1 aromatic carbocycles. The molecular formula is C14H16ClNO2. The second-order valence-electron chi connectivity index (χ2n) is 5.14. The van der Waals surface area contributed by atoms with Crippen LogP contribution in [0.25, 0.3) is 0 Å². The minimum Gasteiger partial charge on any atom is -0.381 e. The average Bonchev–Trinajstić information content (AvgIpc) is 2.93. The molecule has 18 heavy (non-hydrogen) atoms. The molecule has 4 heteroatoms. The predicted octanol–water partition coefficient (Wildman–Crippen LogP) is 2.48. The number of ether oxygens (including phenoxy) is 1. The van der Waals surface area contributed by atoms with Crippen molar-refractivity contribution in [3.8, 4) is 0 Å². The first-order valence-corrected chi connectivity index (χ1v) is 6.73. The van der Waals surface area contributed by atoms with Crippen LogP contribution in [0.2, 0.25) is 5.02 Å². The Hall–Kier alpha value is -1.06. The fourth-order valence-electron chi connectivity index (χ4n) is 2.48. The molecule has 3 rings (SSSR count). The Morgan fingerprint density at radius 3 is 2.89 bits per heavy atom. The van der Waals surface area contributed by atoms with Gasteiger partial charge in [0.1, 0.15) is 0 Å². The van der Waals surface area contributed by atoms with Crippen LogP contribution in [0.15, 0.2) is 24.3 Å². The number of nitrogens with one attached hydrogen (secondary N) is 1. The molecule has 3 nitrogen and oxygen atoms in total. The minimum atomic E-state index is -0.176. The van der Waals surface area contributed by atoms with Crippen LogP contribution in [0, 0.1) is 5.92 Å². The van der Waals surface area contributed by atoms with E-state index in [1.54, 1.807) is 0 Å². The van der Waals surface area contributed by atoms with Gasteiger partial charge < -0.3 is 10.1 Å². The van der Waals surface area contributed by atoms with E-state index in [9.17, 15) is 4.79 Å². The third kappa shape index (κ3) is 2.25. The summed E-state index contributed by atoms with van der Waals surface area (Å²) in [5.74, 6) is 0.131. The lowest BCUT2D eigenvalue weighted by Crippen LogP contribution is -2.39. The van der Waals surface area contributed by atoms with Gasteiger partial charge in [-0.3, -0.25) is 4.79 Å². The summed E-state index contributed by atoms with van der Waals surface area (Å²) in [5.41, 5.74) is 0.937. The quantitative estimate of drug-likeness (QED) is 0.912. The normalized spacial score (nSPS) is 24.8. The Morgan fingerprint density at radius 2 is 2.28 bits per heavy atom. The van der Waals surface area contributed by atoms with Gasteiger partial charge in [0.15, 0.2) is 0 Å². The number of halogens is 1. The van der Waals surface area contributed by atoms with Crippen LogP contribution >= 0.6 is 11.6 Å². The van der Waals surface area contributed by atoms with E-state index in [0.29, 0.717) is 13.2 Å². The van der Waals surface area contributed by atoms with E-state index in [1.165, 1.54) is 0 Å². The first-order chi connectivity index (χ1) is 8.70. The third-order valence-electron chi connectivity index (χ3n) is 3.79. The van der Waals surface area contributed by atoms with Crippen LogP contribution in [-0.2, 0) is 15.1 Å². The summed E-state index contributed by atoms with van der Waals surface area (Å²) in [6, 6.07) is 7.76. The monoisotopic (exact) mass is 265 g/mol. The molecule has 1 aliphatic carbocycles. The van der Waals surface area contributed by atoms with Gasteiger partial charge in [0.05, 0.1) is 18.1 Å². The molecule has 0 bridgehead atoms. The second-order valence-corrected chi connectivity index (χ2v) is 5.58. The maximum atomic E-state index is 12.1. The number of hydrogen-bond acceptors (Lipinski definition) is 2. The van der Waals surface area contributed by atoms with Crippen molar-refractivity contribution < 1.29 is 9.53 Å². The number of hydrogen-bond donors (Lipinski definition) is 1. The molecule has 2 aliphatic rings. The van der Waals surface area contributed by atoms with Crippen molar-refractivity contribution in [1.82, 2.24) is 5.32 Å². The summed E-state index contributed by atoms with van der Waals surface area (Å²) < 4.78 is 5.26. The number of amides is 1. The highest BCUT2D eigenvalue weighted by Crippen LogP contribution is 2.46. The molecule has 0 aromatic heterocycles. The van der Waals surface area contributed by atoms with Crippen LogP contribution in [0.3, 0.4) is 0 Å². The molecule has 1 atom stereocenters. The predicted molar refractivity (Wildman–Crippen MR) is 69.4 cm³/mol. The van der Waals surface area contributed by atoms with Crippen molar-refractivity contribution in [3.63, 3.8) is 0 Å². The molecule has 1 aromatic rings. The highest BCUT2D eigenvalue weighted by molar-refractivity contribution is 6.30. The molecule has 1 N–H and O–H groups in total. The van der Waals surface area contributed by atoms with Gasteiger partial charge in [-0.25, -0.2) is 0 Å². The second kappa shape index (κ2) is 4.56. The molecule has 1 saturated carbocycles.